The fourth-order valence-corrected chi connectivity index (χ4v) is 2.65. The number of carbonyl (C=O) groups excluding carboxylic acids is 2. The predicted octanol–water partition coefficient (Wildman–Crippen LogP) is 2.69. The summed E-state index contributed by atoms with van der Waals surface area (Å²) < 4.78 is 0. The predicted molar refractivity (Wildman–Crippen MR) is 92.7 cm³/mol. The first kappa shape index (κ1) is 16.2. The molecule has 2 aromatic rings. The van der Waals surface area contributed by atoms with Gasteiger partial charge in [-0.15, -0.1) is 0 Å². The second-order valence-electron chi connectivity index (χ2n) is 6.14. The minimum atomic E-state index is -0.204. The number of carbonyl (C=O) groups is 2. The van der Waals surface area contributed by atoms with Crippen molar-refractivity contribution < 1.29 is 9.59 Å². The molecule has 0 aliphatic heterocycles. The van der Waals surface area contributed by atoms with Gasteiger partial charge in [0.25, 0.3) is 5.91 Å². The number of hydrogen-bond donors (Lipinski definition) is 1. The van der Waals surface area contributed by atoms with Crippen LogP contribution in [-0.4, -0.2) is 23.8 Å². The van der Waals surface area contributed by atoms with Gasteiger partial charge in [0.1, 0.15) is 0 Å². The van der Waals surface area contributed by atoms with Crippen molar-refractivity contribution in [3.63, 3.8) is 0 Å². The van der Waals surface area contributed by atoms with Crippen molar-refractivity contribution in [2.24, 2.45) is 5.92 Å². The van der Waals surface area contributed by atoms with E-state index in [1.807, 2.05) is 31.2 Å². The summed E-state index contributed by atoms with van der Waals surface area (Å²) in [4.78, 5) is 30.8. The lowest BCUT2D eigenvalue weighted by atomic mass is 10.1. The van der Waals surface area contributed by atoms with E-state index < -0.39 is 0 Å². The van der Waals surface area contributed by atoms with Crippen LogP contribution in [-0.2, 0) is 11.3 Å². The lowest BCUT2D eigenvalue weighted by Gasteiger charge is -2.20. The summed E-state index contributed by atoms with van der Waals surface area (Å²) in [5.41, 5.74) is 2.87. The highest BCUT2D eigenvalue weighted by atomic mass is 16.2. The summed E-state index contributed by atoms with van der Waals surface area (Å²) >= 11 is 0. The Labute approximate surface area is 141 Å². The van der Waals surface area contributed by atoms with Crippen LogP contribution in [0.2, 0.25) is 0 Å². The number of aromatic nitrogens is 1. The van der Waals surface area contributed by atoms with E-state index in [9.17, 15) is 9.59 Å². The molecule has 1 aliphatic carbocycles. The normalized spacial score (nSPS) is 13.4. The Morgan fingerprint density at radius 3 is 2.62 bits per heavy atom. The standard InChI is InChI=1S/C19H21N3O2/c1-13-6-5-7-15(21-13)12-20-18(23)16-8-3-4-9-17(16)22(2)19(24)14-10-11-14/h3-9,14H,10-12H2,1-2H3,(H,20,23). The largest absolute Gasteiger partial charge is 0.346 e. The third-order valence-electron chi connectivity index (χ3n) is 4.14. The molecule has 0 saturated heterocycles. The number of anilines is 1. The monoisotopic (exact) mass is 323 g/mol. The molecule has 1 N–H and O–H groups in total. The third-order valence-corrected chi connectivity index (χ3v) is 4.14. The molecule has 0 bridgehead atoms. The molecule has 0 radical (unpaired) electrons. The fraction of sp³-hybridized carbons (Fsp3) is 0.316. The van der Waals surface area contributed by atoms with Crippen molar-refractivity contribution in [1.29, 1.82) is 0 Å². The quantitative estimate of drug-likeness (QED) is 0.920. The Morgan fingerprint density at radius 2 is 1.92 bits per heavy atom. The van der Waals surface area contributed by atoms with Crippen LogP contribution in [0.1, 0.15) is 34.6 Å². The number of para-hydroxylation sites is 1. The number of nitrogens with one attached hydrogen (secondary N) is 1. The molecule has 24 heavy (non-hydrogen) atoms. The van der Waals surface area contributed by atoms with Gasteiger partial charge in [-0.1, -0.05) is 18.2 Å². The van der Waals surface area contributed by atoms with Gasteiger partial charge in [0.05, 0.1) is 23.5 Å². The number of benzene rings is 1. The van der Waals surface area contributed by atoms with Gasteiger partial charge in [-0.25, -0.2) is 0 Å². The molecule has 124 valence electrons. The maximum atomic E-state index is 12.6. The number of rotatable bonds is 5. The van der Waals surface area contributed by atoms with Gasteiger partial charge in [0, 0.05) is 18.7 Å². The molecule has 0 spiro atoms. The van der Waals surface area contributed by atoms with Gasteiger partial charge in [0.2, 0.25) is 5.91 Å². The van der Waals surface area contributed by atoms with Crippen LogP contribution >= 0.6 is 0 Å². The highest BCUT2D eigenvalue weighted by molar-refractivity contribution is 6.05. The summed E-state index contributed by atoms with van der Waals surface area (Å²) in [5, 5.41) is 2.88. The van der Waals surface area contributed by atoms with Gasteiger partial charge in [0.15, 0.2) is 0 Å². The van der Waals surface area contributed by atoms with Crippen LogP contribution in [0.3, 0.4) is 0 Å². The molecule has 5 heteroatoms. The molecule has 5 nitrogen and oxygen atoms in total. The average molecular weight is 323 g/mol. The lowest BCUT2D eigenvalue weighted by Crippen LogP contribution is -2.31. The van der Waals surface area contributed by atoms with E-state index in [1.165, 1.54) is 0 Å². The lowest BCUT2D eigenvalue weighted by molar-refractivity contribution is -0.119. The summed E-state index contributed by atoms with van der Waals surface area (Å²) in [7, 11) is 1.73. The average Bonchev–Trinajstić information content (AvgIpc) is 3.43. The van der Waals surface area contributed by atoms with Gasteiger partial charge in [-0.3, -0.25) is 14.6 Å². The van der Waals surface area contributed by atoms with Crippen LogP contribution < -0.4 is 10.2 Å². The minimum absolute atomic E-state index is 0.0793. The van der Waals surface area contributed by atoms with Crippen LogP contribution in [0.5, 0.6) is 0 Å². The first-order chi connectivity index (χ1) is 11.6. The maximum Gasteiger partial charge on any atom is 0.253 e. The number of aryl methyl sites for hydroxylation is 1. The Bertz CT molecular complexity index is 769. The number of amides is 2. The summed E-state index contributed by atoms with van der Waals surface area (Å²) in [5.74, 6) is -0.0115. The van der Waals surface area contributed by atoms with Crippen LogP contribution in [0.15, 0.2) is 42.5 Å². The van der Waals surface area contributed by atoms with Crippen molar-refractivity contribution in [3.8, 4) is 0 Å². The summed E-state index contributed by atoms with van der Waals surface area (Å²) in [6, 6.07) is 12.9. The smallest absolute Gasteiger partial charge is 0.253 e. The van der Waals surface area contributed by atoms with Gasteiger partial charge in [-0.05, 0) is 44.0 Å². The second kappa shape index (κ2) is 6.83. The van der Waals surface area contributed by atoms with Crippen LogP contribution in [0, 0.1) is 12.8 Å². The molecule has 1 saturated carbocycles. The molecular weight excluding hydrogens is 302 g/mol. The molecule has 1 heterocycles. The van der Waals surface area contributed by atoms with E-state index in [4.69, 9.17) is 0 Å². The molecular formula is C19H21N3O2. The Hall–Kier alpha value is -2.69. The Morgan fingerprint density at radius 1 is 1.17 bits per heavy atom. The number of nitrogens with zero attached hydrogens (tertiary/aromatic N) is 2. The first-order valence-electron chi connectivity index (χ1n) is 8.13. The van der Waals surface area contributed by atoms with Gasteiger partial charge in [-0.2, -0.15) is 0 Å². The van der Waals surface area contributed by atoms with E-state index in [1.54, 1.807) is 30.1 Å². The first-order valence-corrected chi connectivity index (χ1v) is 8.13. The van der Waals surface area contributed by atoms with Gasteiger partial charge < -0.3 is 10.2 Å². The minimum Gasteiger partial charge on any atom is -0.346 e. The van der Waals surface area contributed by atoms with E-state index in [-0.39, 0.29) is 17.7 Å². The van der Waals surface area contributed by atoms with E-state index >= 15 is 0 Å². The second-order valence-corrected chi connectivity index (χ2v) is 6.14. The van der Waals surface area contributed by atoms with Crippen LogP contribution in [0.25, 0.3) is 0 Å². The van der Waals surface area contributed by atoms with E-state index in [0.29, 0.717) is 17.8 Å². The van der Waals surface area contributed by atoms with E-state index in [0.717, 1.165) is 24.2 Å². The van der Waals surface area contributed by atoms with Crippen molar-refractivity contribution in [3.05, 3.63) is 59.4 Å². The van der Waals surface area contributed by atoms with Crippen molar-refractivity contribution in [2.75, 3.05) is 11.9 Å². The number of pyridine rings is 1. The highest BCUT2D eigenvalue weighted by Crippen LogP contribution is 2.33. The zero-order valence-corrected chi connectivity index (χ0v) is 14.0. The molecule has 1 fully saturated rings. The molecule has 1 aromatic carbocycles. The molecule has 0 atom stereocenters. The van der Waals surface area contributed by atoms with Crippen LogP contribution in [0.4, 0.5) is 5.69 Å². The molecule has 2 amide bonds. The fourth-order valence-electron chi connectivity index (χ4n) is 2.65. The molecule has 1 aliphatic rings. The zero-order valence-electron chi connectivity index (χ0n) is 14.0. The maximum absolute atomic E-state index is 12.6. The highest BCUT2D eigenvalue weighted by Gasteiger charge is 2.33. The summed E-state index contributed by atoms with van der Waals surface area (Å²) in [6.07, 6.45) is 1.88. The molecule has 0 unspecified atom stereocenters. The Balaban J connectivity index is 1.73. The van der Waals surface area contributed by atoms with Crippen molar-refractivity contribution in [1.82, 2.24) is 10.3 Å². The molecule has 3 rings (SSSR count). The van der Waals surface area contributed by atoms with E-state index in [2.05, 4.69) is 10.3 Å². The Kier molecular flexibility index (Phi) is 4.60. The van der Waals surface area contributed by atoms with Crippen molar-refractivity contribution in [2.45, 2.75) is 26.3 Å². The summed E-state index contributed by atoms with van der Waals surface area (Å²) in [6.45, 7) is 2.27. The van der Waals surface area contributed by atoms with Gasteiger partial charge >= 0.3 is 0 Å². The molecule has 1 aromatic heterocycles. The number of hydrogen-bond acceptors (Lipinski definition) is 3. The third kappa shape index (κ3) is 3.62. The zero-order chi connectivity index (χ0) is 17.1. The topological polar surface area (TPSA) is 62.3 Å². The van der Waals surface area contributed by atoms with Crippen molar-refractivity contribution >= 4 is 17.5 Å². The SMILES string of the molecule is Cc1cccc(CNC(=O)c2ccccc2N(C)C(=O)C2CC2)n1.